The number of amides is 3. The van der Waals surface area contributed by atoms with E-state index in [4.69, 9.17) is 27.9 Å². The summed E-state index contributed by atoms with van der Waals surface area (Å²) in [7, 11) is 0. The Balaban J connectivity index is 1.46. The molecule has 0 radical (unpaired) electrons. The van der Waals surface area contributed by atoms with Gasteiger partial charge in [-0.1, -0.05) is 74.5 Å². The van der Waals surface area contributed by atoms with Gasteiger partial charge in [0.05, 0.1) is 24.1 Å². The first kappa shape index (κ1) is 25.9. The highest BCUT2D eigenvalue weighted by Gasteiger charge is 2.73. The Morgan fingerprint density at radius 3 is 1.72 bits per heavy atom. The van der Waals surface area contributed by atoms with Crippen molar-refractivity contribution >= 4 is 46.6 Å². The van der Waals surface area contributed by atoms with Crippen molar-refractivity contribution in [2.24, 2.45) is 17.8 Å². The number of benzene rings is 3. The second kappa shape index (κ2) is 9.10. The van der Waals surface area contributed by atoms with Crippen molar-refractivity contribution in [1.82, 2.24) is 4.90 Å². The van der Waals surface area contributed by atoms with Gasteiger partial charge in [-0.05, 0) is 47.2 Å². The number of ether oxygens (including phenoxy) is 1. The van der Waals surface area contributed by atoms with E-state index in [-0.39, 0.29) is 5.92 Å². The molecule has 2 bridgehead atoms. The van der Waals surface area contributed by atoms with Crippen LogP contribution in [0.15, 0.2) is 72.8 Å². The van der Waals surface area contributed by atoms with Crippen LogP contribution in [-0.2, 0) is 24.1 Å². The van der Waals surface area contributed by atoms with Gasteiger partial charge in [-0.2, -0.15) is 0 Å². The number of para-hydroxylation sites is 2. The van der Waals surface area contributed by atoms with Crippen molar-refractivity contribution in [1.29, 1.82) is 0 Å². The number of likely N-dealkylation sites (tertiary alicyclic amines) is 1. The van der Waals surface area contributed by atoms with Crippen LogP contribution < -0.4 is 10.1 Å². The lowest BCUT2D eigenvalue weighted by Gasteiger charge is -2.54. The first-order valence-corrected chi connectivity index (χ1v) is 13.9. The molecule has 3 amide bonds. The SMILES string of the molecule is CCOc1ccccc1NC(=O)[C@H](C(C)C)N1C(=O)[C@@H]2[C@H](C1=O)C1(Cl)c3ccccc3C2(Cl)c2ccccc21. The van der Waals surface area contributed by atoms with Crippen LogP contribution in [-0.4, -0.2) is 35.3 Å². The average molecular weight is 563 g/mol. The summed E-state index contributed by atoms with van der Waals surface area (Å²) in [4.78, 5) is 41.0. The molecule has 1 heterocycles. The minimum Gasteiger partial charge on any atom is -0.492 e. The van der Waals surface area contributed by atoms with Gasteiger partial charge >= 0.3 is 0 Å². The maximum Gasteiger partial charge on any atom is 0.248 e. The van der Waals surface area contributed by atoms with Crippen LogP contribution in [0.4, 0.5) is 5.69 Å². The monoisotopic (exact) mass is 562 g/mol. The van der Waals surface area contributed by atoms with Crippen molar-refractivity contribution in [2.45, 2.75) is 36.6 Å². The molecule has 3 atom stereocenters. The third kappa shape index (κ3) is 3.37. The molecule has 39 heavy (non-hydrogen) atoms. The highest BCUT2D eigenvalue weighted by Crippen LogP contribution is 2.69. The molecule has 0 spiro atoms. The number of hydrogen-bond acceptors (Lipinski definition) is 4. The number of carbonyl (C=O) groups excluding carboxylic acids is 3. The fraction of sp³-hybridized carbons (Fsp3) is 0.323. The first-order chi connectivity index (χ1) is 18.7. The van der Waals surface area contributed by atoms with Crippen molar-refractivity contribution in [3.63, 3.8) is 0 Å². The van der Waals surface area contributed by atoms with Gasteiger partial charge in [-0.3, -0.25) is 19.3 Å². The third-order valence-corrected chi connectivity index (χ3v) is 9.53. The van der Waals surface area contributed by atoms with Crippen molar-refractivity contribution in [2.75, 3.05) is 11.9 Å². The van der Waals surface area contributed by atoms with E-state index in [1.165, 1.54) is 0 Å². The highest BCUT2D eigenvalue weighted by atomic mass is 35.5. The second-order valence-electron chi connectivity index (χ2n) is 10.6. The maximum atomic E-state index is 14.3. The van der Waals surface area contributed by atoms with Gasteiger partial charge in [0.1, 0.15) is 21.5 Å². The van der Waals surface area contributed by atoms with E-state index in [0.29, 0.717) is 18.0 Å². The number of hydrogen-bond donors (Lipinski definition) is 1. The lowest BCUT2D eigenvalue weighted by atomic mass is 9.54. The zero-order valence-electron chi connectivity index (χ0n) is 21.8. The fourth-order valence-electron chi connectivity index (χ4n) is 6.74. The van der Waals surface area contributed by atoms with Crippen LogP contribution in [0.1, 0.15) is 43.0 Å². The van der Waals surface area contributed by atoms with E-state index in [2.05, 4.69) is 5.32 Å². The molecule has 1 N–H and O–H groups in total. The molecule has 1 saturated heterocycles. The summed E-state index contributed by atoms with van der Waals surface area (Å²) < 4.78 is 5.66. The van der Waals surface area contributed by atoms with E-state index in [1.807, 2.05) is 75.4 Å². The number of anilines is 1. The summed E-state index contributed by atoms with van der Waals surface area (Å²) in [6, 6.07) is 21.0. The number of carbonyl (C=O) groups is 3. The summed E-state index contributed by atoms with van der Waals surface area (Å²) in [5, 5.41) is 2.89. The second-order valence-corrected chi connectivity index (χ2v) is 11.8. The lowest BCUT2D eigenvalue weighted by Crippen LogP contribution is -2.57. The summed E-state index contributed by atoms with van der Waals surface area (Å²) in [5.41, 5.74) is 3.36. The van der Waals surface area contributed by atoms with E-state index in [9.17, 15) is 14.4 Å². The van der Waals surface area contributed by atoms with Crippen LogP contribution in [0.25, 0.3) is 0 Å². The lowest BCUT2D eigenvalue weighted by molar-refractivity contribution is -0.148. The van der Waals surface area contributed by atoms with Crippen molar-refractivity contribution in [3.05, 3.63) is 95.1 Å². The summed E-state index contributed by atoms with van der Waals surface area (Å²) in [5.74, 6) is -3.24. The van der Waals surface area contributed by atoms with Gasteiger partial charge in [0.25, 0.3) is 0 Å². The Bertz CT molecular complexity index is 1400. The first-order valence-electron chi connectivity index (χ1n) is 13.1. The number of imide groups is 1. The van der Waals surface area contributed by atoms with Crippen LogP contribution in [0.2, 0.25) is 0 Å². The molecule has 1 aliphatic heterocycles. The Morgan fingerprint density at radius 2 is 1.28 bits per heavy atom. The molecule has 3 aromatic rings. The van der Waals surface area contributed by atoms with Crippen LogP contribution >= 0.6 is 23.2 Å². The minimum atomic E-state index is -1.30. The molecule has 0 unspecified atom stereocenters. The molecule has 200 valence electrons. The molecular formula is C31H28Cl2N2O4. The number of halogens is 2. The molecule has 3 aromatic carbocycles. The minimum absolute atomic E-state index is 0.378. The van der Waals surface area contributed by atoms with Crippen LogP contribution in [0, 0.1) is 17.8 Å². The van der Waals surface area contributed by atoms with Crippen molar-refractivity contribution in [3.8, 4) is 5.75 Å². The molecular weight excluding hydrogens is 535 g/mol. The largest absolute Gasteiger partial charge is 0.492 e. The molecule has 8 heteroatoms. The predicted octanol–water partition coefficient (Wildman–Crippen LogP) is 5.64. The smallest absolute Gasteiger partial charge is 0.248 e. The average Bonchev–Trinajstić information content (AvgIpc) is 3.19. The predicted molar refractivity (Wildman–Crippen MR) is 150 cm³/mol. The molecule has 7 rings (SSSR count). The Labute approximate surface area is 237 Å². The van der Waals surface area contributed by atoms with Gasteiger partial charge in [0.2, 0.25) is 17.7 Å². The third-order valence-electron chi connectivity index (χ3n) is 8.24. The zero-order chi connectivity index (χ0) is 27.7. The molecule has 6 nitrogen and oxygen atoms in total. The summed E-state index contributed by atoms with van der Waals surface area (Å²) >= 11 is 15.0. The van der Waals surface area contributed by atoms with Gasteiger partial charge in [-0.25, -0.2) is 0 Å². The number of nitrogens with zero attached hydrogens (tertiary/aromatic N) is 1. The van der Waals surface area contributed by atoms with Crippen LogP contribution in [0.3, 0.4) is 0 Å². The molecule has 4 aliphatic rings. The van der Waals surface area contributed by atoms with Crippen LogP contribution in [0.5, 0.6) is 5.75 Å². The molecule has 1 fully saturated rings. The van der Waals surface area contributed by atoms with E-state index >= 15 is 0 Å². The van der Waals surface area contributed by atoms with Gasteiger partial charge in [0.15, 0.2) is 0 Å². The fourth-order valence-corrected chi connectivity index (χ4v) is 7.84. The van der Waals surface area contributed by atoms with Gasteiger partial charge in [-0.15, -0.1) is 23.2 Å². The Hall–Kier alpha value is -3.35. The summed E-state index contributed by atoms with van der Waals surface area (Å²) in [6.07, 6.45) is 0. The van der Waals surface area contributed by atoms with E-state index in [1.54, 1.807) is 18.2 Å². The van der Waals surface area contributed by atoms with E-state index < -0.39 is 45.3 Å². The normalized spacial score (nSPS) is 27.2. The molecule has 3 aliphatic carbocycles. The zero-order valence-corrected chi connectivity index (χ0v) is 23.3. The highest BCUT2D eigenvalue weighted by molar-refractivity contribution is 6.36. The standard InChI is InChI=1S/C31H28Cl2N2O4/c1-4-39-23-16-10-9-15-22(23)34-27(36)26(17(2)3)35-28(37)24-25(29(35)38)31(33)19-12-6-5-11-18(19)30(24,32)20-13-7-8-14-21(20)31/h5-17,24-26H,4H2,1-3H3,(H,34,36)/t24-,25+,26-,30?,31?/m0/s1. The van der Waals surface area contributed by atoms with E-state index in [0.717, 1.165) is 27.2 Å². The summed E-state index contributed by atoms with van der Waals surface area (Å²) in [6.45, 7) is 5.90. The maximum absolute atomic E-state index is 14.3. The number of rotatable bonds is 6. The topological polar surface area (TPSA) is 75.7 Å². The van der Waals surface area contributed by atoms with Gasteiger partial charge in [0, 0.05) is 0 Å². The Kier molecular flexibility index (Phi) is 6.05. The molecule has 0 aromatic heterocycles. The molecule has 0 saturated carbocycles. The number of nitrogens with one attached hydrogen (secondary N) is 1. The van der Waals surface area contributed by atoms with Crippen molar-refractivity contribution < 1.29 is 19.1 Å². The Morgan fingerprint density at radius 1 is 0.846 bits per heavy atom. The van der Waals surface area contributed by atoms with Gasteiger partial charge < -0.3 is 10.1 Å². The number of alkyl halides is 2. The quantitative estimate of drug-likeness (QED) is 0.311.